The van der Waals surface area contributed by atoms with Crippen molar-refractivity contribution in [3.63, 3.8) is 0 Å². The Balaban J connectivity index is 1.90. The molecule has 0 heterocycles. The Morgan fingerprint density at radius 2 is 1.91 bits per heavy atom. The molecule has 0 aliphatic carbocycles. The number of carbonyl (C=O) groups is 1. The molecule has 6 heteroatoms. The van der Waals surface area contributed by atoms with Crippen LogP contribution in [0.4, 0.5) is 0 Å². The highest BCUT2D eigenvalue weighted by Crippen LogP contribution is 2.19. The van der Waals surface area contributed by atoms with Crippen LogP contribution in [-0.4, -0.2) is 19.3 Å². The van der Waals surface area contributed by atoms with E-state index in [0.717, 1.165) is 5.56 Å². The quantitative estimate of drug-likeness (QED) is 0.463. The van der Waals surface area contributed by atoms with Gasteiger partial charge in [0.1, 0.15) is 6.61 Å². The van der Waals surface area contributed by atoms with Crippen molar-refractivity contribution in [1.29, 1.82) is 0 Å². The molecule has 0 spiro atoms. The molecule has 0 bridgehead atoms. The normalized spacial score (nSPS) is 10.7. The molecule has 0 N–H and O–H groups in total. The first-order valence-electron chi connectivity index (χ1n) is 6.38. The molecule has 0 aliphatic heterocycles. The topological polar surface area (TPSA) is 47.9 Å². The number of halogens is 2. The van der Waals surface area contributed by atoms with Crippen LogP contribution in [0.2, 0.25) is 10.0 Å². The van der Waals surface area contributed by atoms with Gasteiger partial charge in [-0.15, -0.1) is 0 Å². The van der Waals surface area contributed by atoms with Crippen LogP contribution in [0.15, 0.2) is 47.6 Å². The number of methoxy groups -OCH3 is 1. The van der Waals surface area contributed by atoms with Crippen LogP contribution in [-0.2, 0) is 16.2 Å². The number of carbonyl (C=O) groups excluding carboxylic acids is 1. The van der Waals surface area contributed by atoms with Gasteiger partial charge in [-0.3, -0.25) is 0 Å². The first kappa shape index (κ1) is 16.3. The third kappa shape index (κ3) is 4.48. The molecule has 0 atom stereocenters. The molecule has 114 valence electrons. The molecule has 2 aromatic carbocycles. The minimum absolute atomic E-state index is 0.281. The summed E-state index contributed by atoms with van der Waals surface area (Å²) in [5.74, 6) is -0.372. The number of hydrogen-bond acceptors (Lipinski definition) is 4. The predicted molar refractivity (Wildman–Crippen MR) is 86.6 cm³/mol. The van der Waals surface area contributed by atoms with Crippen molar-refractivity contribution >= 4 is 35.4 Å². The lowest BCUT2D eigenvalue weighted by Crippen LogP contribution is -2.01. The van der Waals surface area contributed by atoms with E-state index in [1.807, 2.05) is 0 Å². The van der Waals surface area contributed by atoms with Crippen LogP contribution in [0, 0.1) is 0 Å². The van der Waals surface area contributed by atoms with E-state index in [2.05, 4.69) is 9.89 Å². The van der Waals surface area contributed by atoms with Crippen molar-refractivity contribution in [2.45, 2.75) is 6.61 Å². The van der Waals surface area contributed by atoms with Crippen molar-refractivity contribution in [3.05, 3.63) is 69.2 Å². The largest absolute Gasteiger partial charge is 0.465 e. The van der Waals surface area contributed by atoms with E-state index in [1.165, 1.54) is 13.3 Å². The van der Waals surface area contributed by atoms with E-state index in [1.54, 1.807) is 42.5 Å². The van der Waals surface area contributed by atoms with E-state index >= 15 is 0 Å². The van der Waals surface area contributed by atoms with Gasteiger partial charge >= 0.3 is 5.97 Å². The maximum absolute atomic E-state index is 11.3. The summed E-state index contributed by atoms with van der Waals surface area (Å²) in [7, 11) is 1.34. The number of esters is 1. The summed E-state index contributed by atoms with van der Waals surface area (Å²) in [5, 5.41) is 4.92. The van der Waals surface area contributed by atoms with Crippen molar-refractivity contribution < 1.29 is 14.4 Å². The summed E-state index contributed by atoms with van der Waals surface area (Å²) < 4.78 is 4.63. The Morgan fingerprint density at radius 3 is 2.55 bits per heavy atom. The van der Waals surface area contributed by atoms with Crippen LogP contribution in [0.5, 0.6) is 0 Å². The van der Waals surface area contributed by atoms with Gasteiger partial charge < -0.3 is 9.57 Å². The summed E-state index contributed by atoms with van der Waals surface area (Å²) in [6.45, 7) is 0.281. The van der Waals surface area contributed by atoms with Crippen LogP contribution in [0.3, 0.4) is 0 Å². The minimum Gasteiger partial charge on any atom is -0.465 e. The van der Waals surface area contributed by atoms with E-state index < -0.39 is 0 Å². The van der Waals surface area contributed by atoms with Crippen molar-refractivity contribution in [2.75, 3.05) is 7.11 Å². The van der Waals surface area contributed by atoms with E-state index in [4.69, 9.17) is 28.0 Å². The molecule has 0 saturated heterocycles. The van der Waals surface area contributed by atoms with Crippen LogP contribution < -0.4 is 0 Å². The summed E-state index contributed by atoms with van der Waals surface area (Å²) in [4.78, 5) is 16.5. The highest BCUT2D eigenvalue weighted by molar-refractivity contribution is 6.36. The second-order valence-corrected chi connectivity index (χ2v) is 5.21. The lowest BCUT2D eigenvalue weighted by atomic mass is 10.1. The number of hydrogen-bond donors (Lipinski definition) is 0. The molecule has 0 unspecified atom stereocenters. The number of ether oxygens (including phenoxy) is 1. The number of benzene rings is 2. The highest BCUT2D eigenvalue weighted by Gasteiger charge is 2.04. The molecule has 0 aliphatic rings. The zero-order chi connectivity index (χ0) is 15.9. The van der Waals surface area contributed by atoms with Gasteiger partial charge in [-0.05, 0) is 29.8 Å². The van der Waals surface area contributed by atoms with Gasteiger partial charge in [-0.2, -0.15) is 0 Å². The Labute approximate surface area is 138 Å². The zero-order valence-electron chi connectivity index (χ0n) is 11.8. The molecule has 4 nitrogen and oxygen atoms in total. The lowest BCUT2D eigenvalue weighted by molar-refractivity contribution is 0.0600. The minimum atomic E-state index is -0.372. The van der Waals surface area contributed by atoms with Gasteiger partial charge in [-0.1, -0.05) is 46.6 Å². The van der Waals surface area contributed by atoms with Crippen LogP contribution >= 0.6 is 23.2 Å². The second kappa shape index (κ2) is 7.82. The molecule has 2 aromatic rings. The highest BCUT2D eigenvalue weighted by atomic mass is 35.5. The van der Waals surface area contributed by atoms with Crippen molar-refractivity contribution in [2.24, 2.45) is 5.16 Å². The predicted octanol–water partition coefficient (Wildman–Crippen LogP) is 4.33. The Hall–Kier alpha value is -2.04. The maximum Gasteiger partial charge on any atom is 0.337 e. The Bertz CT molecular complexity index is 684. The molecule has 0 saturated carbocycles. The van der Waals surface area contributed by atoms with Gasteiger partial charge in [0, 0.05) is 10.6 Å². The number of nitrogens with zero attached hydrogens (tertiary/aromatic N) is 1. The summed E-state index contributed by atoms with van der Waals surface area (Å²) in [5.41, 5.74) is 2.09. The molecule has 2 rings (SSSR count). The fourth-order valence-electron chi connectivity index (χ4n) is 1.67. The number of rotatable bonds is 5. The molecule has 22 heavy (non-hydrogen) atoms. The first-order valence-corrected chi connectivity index (χ1v) is 7.13. The third-order valence-corrected chi connectivity index (χ3v) is 3.40. The molecule has 0 amide bonds. The number of oxime groups is 1. The fourth-order valence-corrected chi connectivity index (χ4v) is 2.12. The maximum atomic E-state index is 11.3. The van der Waals surface area contributed by atoms with E-state index in [0.29, 0.717) is 21.2 Å². The van der Waals surface area contributed by atoms with Gasteiger partial charge in [0.15, 0.2) is 0 Å². The zero-order valence-corrected chi connectivity index (χ0v) is 13.3. The smallest absolute Gasteiger partial charge is 0.337 e. The van der Waals surface area contributed by atoms with E-state index in [9.17, 15) is 4.79 Å². The monoisotopic (exact) mass is 337 g/mol. The first-order chi connectivity index (χ1) is 10.6. The standard InChI is InChI=1S/C16H13Cl2NO3/c1-21-16(20)12-4-2-11(3-5-12)10-22-19-9-13-6-7-14(17)8-15(13)18/h2-9H,10H2,1H3/b19-9-. The Kier molecular flexibility index (Phi) is 5.81. The molecular formula is C16H13Cl2NO3. The SMILES string of the molecule is COC(=O)c1ccc(CO/N=C\c2ccc(Cl)cc2Cl)cc1. The molecule has 0 aromatic heterocycles. The summed E-state index contributed by atoms with van der Waals surface area (Å²) in [6, 6.07) is 12.0. The van der Waals surface area contributed by atoms with Gasteiger partial charge in [0.25, 0.3) is 0 Å². The fraction of sp³-hybridized carbons (Fsp3) is 0.125. The van der Waals surface area contributed by atoms with Gasteiger partial charge in [0.2, 0.25) is 0 Å². The van der Waals surface area contributed by atoms with Crippen LogP contribution in [0.1, 0.15) is 21.5 Å². The second-order valence-electron chi connectivity index (χ2n) is 4.36. The van der Waals surface area contributed by atoms with Crippen LogP contribution in [0.25, 0.3) is 0 Å². The average molecular weight is 338 g/mol. The average Bonchev–Trinajstić information content (AvgIpc) is 2.53. The van der Waals surface area contributed by atoms with Crippen molar-refractivity contribution in [3.8, 4) is 0 Å². The Morgan fingerprint density at radius 1 is 1.18 bits per heavy atom. The van der Waals surface area contributed by atoms with Crippen molar-refractivity contribution in [1.82, 2.24) is 0 Å². The molecule has 0 fully saturated rings. The third-order valence-electron chi connectivity index (χ3n) is 2.84. The summed E-state index contributed by atoms with van der Waals surface area (Å²) >= 11 is 11.8. The lowest BCUT2D eigenvalue weighted by Gasteiger charge is -2.02. The van der Waals surface area contributed by atoms with Gasteiger partial charge in [-0.25, -0.2) is 4.79 Å². The molecular weight excluding hydrogens is 325 g/mol. The van der Waals surface area contributed by atoms with E-state index in [-0.39, 0.29) is 12.6 Å². The van der Waals surface area contributed by atoms with Gasteiger partial charge in [0.05, 0.1) is 23.9 Å². The molecule has 0 radical (unpaired) electrons. The summed E-state index contributed by atoms with van der Waals surface area (Å²) in [6.07, 6.45) is 1.52.